The van der Waals surface area contributed by atoms with Crippen LogP contribution in [0, 0.1) is 17.6 Å². The first-order valence-electron chi connectivity index (χ1n) is 11.8. The molecule has 28 heavy (non-hydrogen) atoms. The van der Waals surface area contributed by atoms with E-state index in [0.717, 1.165) is 50.9 Å². The summed E-state index contributed by atoms with van der Waals surface area (Å²) in [5, 5.41) is 0. The number of benzene rings is 1. The van der Waals surface area contributed by atoms with Gasteiger partial charge in [-0.15, -0.1) is 0 Å². The SMILES string of the molecule is CCCCCc1cc(OCCCC2CCCCC2)c(CCCCC)c(F)c1F. The molecule has 0 saturated heterocycles. The fraction of sp³-hybridized carbons (Fsp3) is 0.760. The number of halogens is 2. The van der Waals surface area contributed by atoms with Gasteiger partial charge in [0.1, 0.15) is 5.75 Å². The molecule has 1 aliphatic rings. The third-order valence-electron chi connectivity index (χ3n) is 6.16. The van der Waals surface area contributed by atoms with E-state index < -0.39 is 11.6 Å². The van der Waals surface area contributed by atoms with Crippen molar-refractivity contribution in [2.75, 3.05) is 6.61 Å². The van der Waals surface area contributed by atoms with Gasteiger partial charge < -0.3 is 4.74 Å². The number of hydrogen-bond donors (Lipinski definition) is 0. The monoisotopic (exact) mass is 394 g/mol. The normalized spacial score (nSPS) is 15.1. The highest BCUT2D eigenvalue weighted by atomic mass is 19.2. The summed E-state index contributed by atoms with van der Waals surface area (Å²) in [4.78, 5) is 0. The molecule has 0 heterocycles. The Morgan fingerprint density at radius 1 is 0.857 bits per heavy atom. The second-order valence-electron chi connectivity index (χ2n) is 8.55. The fourth-order valence-electron chi connectivity index (χ4n) is 4.38. The molecule has 0 bridgehead atoms. The van der Waals surface area contributed by atoms with Gasteiger partial charge in [0.05, 0.1) is 6.61 Å². The summed E-state index contributed by atoms with van der Waals surface area (Å²) in [6.07, 6.45) is 16.1. The lowest BCUT2D eigenvalue weighted by Crippen LogP contribution is -2.10. The third-order valence-corrected chi connectivity index (χ3v) is 6.16. The summed E-state index contributed by atoms with van der Waals surface area (Å²) >= 11 is 0. The van der Waals surface area contributed by atoms with Crippen molar-refractivity contribution in [1.29, 1.82) is 0 Å². The van der Waals surface area contributed by atoms with Gasteiger partial charge in [0, 0.05) is 5.56 Å². The van der Waals surface area contributed by atoms with Crippen LogP contribution in [-0.2, 0) is 12.8 Å². The minimum Gasteiger partial charge on any atom is -0.493 e. The van der Waals surface area contributed by atoms with E-state index in [9.17, 15) is 8.78 Å². The van der Waals surface area contributed by atoms with Crippen molar-refractivity contribution in [1.82, 2.24) is 0 Å². The molecule has 0 atom stereocenters. The molecular formula is C25H40F2O. The van der Waals surface area contributed by atoms with Crippen molar-refractivity contribution in [3.8, 4) is 5.75 Å². The zero-order valence-corrected chi connectivity index (χ0v) is 18.1. The lowest BCUT2D eigenvalue weighted by molar-refractivity contribution is 0.265. The van der Waals surface area contributed by atoms with Gasteiger partial charge in [0.15, 0.2) is 11.6 Å². The number of aryl methyl sites for hydroxylation is 1. The molecule has 1 fully saturated rings. The lowest BCUT2D eigenvalue weighted by Gasteiger charge is -2.21. The standard InChI is InChI=1S/C25H40F2O/c1-3-5-8-16-21-19-23(22(17-9-6-4-2)25(27)24(21)26)28-18-12-15-20-13-10-7-11-14-20/h19-20H,3-18H2,1-2H3. The Bertz CT molecular complexity index is 564. The highest BCUT2D eigenvalue weighted by Crippen LogP contribution is 2.31. The first-order chi connectivity index (χ1) is 13.7. The van der Waals surface area contributed by atoms with Crippen LogP contribution in [0.5, 0.6) is 5.75 Å². The molecule has 0 aromatic heterocycles. The first-order valence-corrected chi connectivity index (χ1v) is 11.8. The Morgan fingerprint density at radius 2 is 1.54 bits per heavy atom. The van der Waals surface area contributed by atoms with Crippen LogP contribution >= 0.6 is 0 Å². The first kappa shape index (κ1) is 23.2. The van der Waals surface area contributed by atoms with Crippen LogP contribution in [0.4, 0.5) is 8.78 Å². The van der Waals surface area contributed by atoms with Crippen LogP contribution in [0.15, 0.2) is 6.07 Å². The molecule has 1 aromatic carbocycles. The zero-order valence-electron chi connectivity index (χ0n) is 18.1. The maximum absolute atomic E-state index is 14.8. The molecule has 2 rings (SSSR count). The molecule has 3 heteroatoms. The van der Waals surface area contributed by atoms with E-state index in [1.807, 2.05) is 0 Å². The fourth-order valence-corrected chi connectivity index (χ4v) is 4.38. The molecule has 0 spiro atoms. The van der Waals surface area contributed by atoms with Crippen molar-refractivity contribution >= 4 is 0 Å². The maximum Gasteiger partial charge on any atom is 0.165 e. The van der Waals surface area contributed by atoms with Gasteiger partial charge in [-0.3, -0.25) is 0 Å². The molecule has 1 aromatic rings. The van der Waals surface area contributed by atoms with Crippen LogP contribution in [0.25, 0.3) is 0 Å². The Balaban J connectivity index is 2.01. The van der Waals surface area contributed by atoms with Gasteiger partial charge >= 0.3 is 0 Å². The quantitative estimate of drug-likeness (QED) is 0.307. The van der Waals surface area contributed by atoms with Crippen LogP contribution in [0.3, 0.4) is 0 Å². The molecule has 0 amide bonds. The van der Waals surface area contributed by atoms with Crippen molar-refractivity contribution in [3.05, 3.63) is 28.8 Å². The van der Waals surface area contributed by atoms with Gasteiger partial charge in [-0.1, -0.05) is 71.6 Å². The highest BCUT2D eigenvalue weighted by Gasteiger charge is 2.19. The minimum absolute atomic E-state index is 0.447. The molecule has 0 N–H and O–H groups in total. The number of hydrogen-bond acceptors (Lipinski definition) is 1. The lowest BCUT2D eigenvalue weighted by atomic mass is 9.86. The summed E-state index contributed by atoms with van der Waals surface area (Å²) in [6, 6.07) is 1.79. The summed E-state index contributed by atoms with van der Waals surface area (Å²) in [5.41, 5.74) is 0.926. The van der Waals surface area contributed by atoms with Crippen molar-refractivity contribution < 1.29 is 13.5 Å². The maximum atomic E-state index is 14.8. The van der Waals surface area contributed by atoms with Crippen LogP contribution in [0.1, 0.15) is 108 Å². The zero-order chi connectivity index (χ0) is 20.2. The summed E-state index contributed by atoms with van der Waals surface area (Å²) in [5.74, 6) is 0.0885. The number of rotatable bonds is 13. The molecule has 0 unspecified atom stereocenters. The predicted octanol–water partition coefficient (Wildman–Crippen LogP) is 8.17. The second kappa shape index (κ2) is 13.2. The Kier molecular flexibility index (Phi) is 10.9. The number of unbranched alkanes of at least 4 members (excludes halogenated alkanes) is 4. The Labute approximate surface area is 171 Å². The topological polar surface area (TPSA) is 9.23 Å². The van der Waals surface area contributed by atoms with E-state index in [2.05, 4.69) is 13.8 Å². The van der Waals surface area contributed by atoms with Crippen molar-refractivity contribution in [2.45, 2.75) is 110 Å². The minimum atomic E-state index is -0.674. The average molecular weight is 395 g/mol. The second-order valence-corrected chi connectivity index (χ2v) is 8.55. The van der Waals surface area contributed by atoms with E-state index in [-0.39, 0.29) is 0 Å². The van der Waals surface area contributed by atoms with Gasteiger partial charge in [-0.2, -0.15) is 0 Å². The smallest absolute Gasteiger partial charge is 0.165 e. The molecular weight excluding hydrogens is 354 g/mol. The third kappa shape index (κ3) is 7.37. The van der Waals surface area contributed by atoms with Gasteiger partial charge in [0.25, 0.3) is 0 Å². The molecule has 1 aliphatic carbocycles. The van der Waals surface area contributed by atoms with E-state index in [4.69, 9.17) is 4.74 Å². The predicted molar refractivity (Wildman–Crippen MR) is 114 cm³/mol. The van der Waals surface area contributed by atoms with Crippen LogP contribution in [0.2, 0.25) is 0 Å². The highest BCUT2D eigenvalue weighted by molar-refractivity contribution is 5.40. The molecule has 0 aliphatic heterocycles. The van der Waals surface area contributed by atoms with E-state index in [0.29, 0.717) is 36.3 Å². The van der Waals surface area contributed by atoms with Gasteiger partial charge in [-0.05, 0) is 56.1 Å². The Hall–Kier alpha value is -1.12. The van der Waals surface area contributed by atoms with E-state index >= 15 is 0 Å². The van der Waals surface area contributed by atoms with Crippen molar-refractivity contribution in [2.24, 2.45) is 5.92 Å². The summed E-state index contributed by atoms with van der Waals surface area (Å²) in [7, 11) is 0. The number of ether oxygens (including phenoxy) is 1. The van der Waals surface area contributed by atoms with Crippen LogP contribution < -0.4 is 4.74 Å². The van der Waals surface area contributed by atoms with Crippen LogP contribution in [-0.4, -0.2) is 6.61 Å². The molecule has 1 saturated carbocycles. The Morgan fingerprint density at radius 3 is 2.21 bits per heavy atom. The summed E-state index contributed by atoms with van der Waals surface area (Å²) in [6.45, 7) is 4.85. The van der Waals surface area contributed by atoms with Crippen molar-refractivity contribution in [3.63, 3.8) is 0 Å². The largest absolute Gasteiger partial charge is 0.493 e. The molecule has 0 radical (unpaired) electrons. The molecule has 1 nitrogen and oxygen atoms in total. The van der Waals surface area contributed by atoms with E-state index in [1.165, 1.54) is 38.5 Å². The summed E-state index contributed by atoms with van der Waals surface area (Å²) < 4.78 is 35.4. The molecule has 160 valence electrons. The van der Waals surface area contributed by atoms with E-state index in [1.54, 1.807) is 6.07 Å². The average Bonchev–Trinajstić information content (AvgIpc) is 2.72. The van der Waals surface area contributed by atoms with Gasteiger partial charge in [-0.25, -0.2) is 8.78 Å². The van der Waals surface area contributed by atoms with Gasteiger partial charge in [0.2, 0.25) is 0 Å².